The van der Waals surface area contributed by atoms with Crippen LogP contribution in [0.2, 0.25) is 0 Å². The van der Waals surface area contributed by atoms with Crippen molar-refractivity contribution in [3.05, 3.63) is 29.3 Å². The molecule has 1 aliphatic carbocycles. The molecule has 1 unspecified atom stereocenters. The van der Waals surface area contributed by atoms with E-state index in [2.05, 4.69) is 18.0 Å². The van der Waals surface area contributed by atoms with Crippen molar-refractivity contribution in [1.82, 2.24) is 4.98 Å². The van der Waals surface area contributed by atoms with Crippen molar-refractivity contribution in [2.75, 3.05) is 6.61 Å². The molecule has 0 spiro atoms. The minimum Gasteiger partial charge on any atom is -0.461 e. The summed E-state index contributed by atoms with van der Waals surface area (Å²) >= 11 is 0. The highest BCUT2D eigenvalue weighted by Gasteiger charge is 2.23. The number of rotatable bonds is 10. The number of hydrogen-bond donors (Lipinski definition) is 1. The van der Waals surface area contributed by atoms with Crippen LogP contribution in [0, 0.1) is 11.7 Å². The highest BCUT2D eigenvalue weighted by Crippen LogP contribution is 2.34. The fourth-order valence-corrected chi connectivity index (χ4v) is 3.60. The maximum Gasteiger partial charge on any atom is 0.357 e. The fourth-order valence-electron chi connectivity index (χ4n) is 3.60. The zero-order chi connectivity index (χ0) is 18.1. The normalized spacial score (nSPS) is 17.4. The third kappa shape index (κ3) is 5.72. The van der Waals surface area contributed by atoms with Crippen molar-refractivity contribution >= 4 is 11.5 Å². The van der Waals surface area contributed by atoms with E-state index in [0.29, 0.717) is 5.56 Å². The van der Waals surface area contributed by atoms with Crippen molar-refractivity contribution in [3.8, 4) is 0 Å². The van der Waals surface area contributed by atoms with Gasteiger partial charge in [0.25, 0.3) is 0 Å². The quantitative estimate of drug-likeness (QED) is 0.400. The first-order chi connectivity index (χ1) is 12.2. The summed E-state index contributed by atoms with van der Waals surface area (Å²) in [4.78, 5) is 14.4. The van der Waals surface area contributed by atoms with Gasteiger partial charge in [-0.3, -0.25) is 0 Å². The van der Waals surface area contributed by atoms with Crippen LogP contribution in [-0.2, 0) is 4.74 Å². The average Bonchev–Trinajstić information content (AvgIpc) is 3.00. The number of H-pyrrole nitrogens is 1. The minimum atomic E-state index is -0.622. The molecule has 2 rings (SSSR count). The average molecular weight is 349 g/mol. The molecule has 1 aliphatic rings. The molecule has 0 fully saturated rings. The van der Waals surface area contributed by atoms with E-state index in [0.717, 1.165) is 30.8 Å². The number of carbonyl (C=O) groups is 1. The van der Waals surface area contributed by atoms with Gasteiger partial charge < -0.3 is 9.72 Å². The number of halogens is 1. The molecule has 0 saturated carbocycles. The fraction of sp³-hybridized carbons (Fsp3) is 0.667. The van der Waals surface area contributed by atoms with Crippen LogP contribution < -0.4 is 0 Å². The number of allylic oxidation sites excluding steroid dienone is 2. The molecule has 3 nitrogen and oxygen atoms in total. The summed E-state index contributed by atoms with van der Waals surface area (Å²) in [5.74, 6) is -0.371. The van der Waals surface area contributed by atoms with Crippen molar-refractivity contribution in [2.24, 2.45) is 5.92 Å². The van der Waals surface area contributed by atoms with Crippen molar-refractivity contribution in [1.29, 1.82) is 0 Å². The Labute approximate surface area is 151 Å². The topological polar surface area (TPSA) is 42.1 Å². The Kier molecular flexibility index (Phi) is 8.23. The molecule has 0 aromatic carbocycles. The maximum absolute atomic E-state index is 14.5. The molecule has 1 aromatic heterocycles. The number of unbranched alkanes of at least 4 members (excludes halogenated alkanes) is 5. The van der Waals surface area contributed by atoms with E-state index in [-0.39, 0.29) is 12.3 Å². The molecule has 0 radical (unpaired) electrons. The molecule has 4 heteroatoms. The van der Waals surface area contributed by atoms with Crippen LogP contribution in [0.1, 0.15) is 94.1 Å². The lowest BCUT2D eigenvalue weighted by molar-refractivity contribution is 0.0515. The first-order valence-electron chi connectivity index (χ1n) is 9.90. The molecule has 140 valence electrons. The van der Waals surface area contributed by atoms with Crippen molar-refractivity contribution < 1.29 is 13.9 Å². The van der Waals surface area contributed by atoms with Crippen molar-refractivity contribution in [2.45, 2.75) is 78.1 Å². The Morgan fingerprint density at radius 2 is 2.00 bits per heavy atom. The summed E-state index contributed by atoms with van der Waals surface area (Å²) in [5, 5.41) is 0. The van der Waals surface area contributed by atoms with Crippen LogP contribution in [0.25, 0.3) is 5.57 Å². The van der Waals surface area contributed by atoms with Gasteiger partial charge in [-0.15, -0.1) is 0 Å². The van der Waals surface area contributed by atoms with Gasteiger partial charge in [-0.1, -0.05) is 57.9 Å². The zero-order valence-electron chi connectivity index (χ0n) is 15.7. The van der Waals surface area contributed by atoms with Gasteiger partial charge in [-0.25, -0.2) is 9.18 Å². The second-order valence-electron chi connectivity index (χ2n) is 7.04. The lowest BCUT2D eigenvalue weighted by Gasteiger charge is -2.21. The molecular weight excluding hydrogens is 317 g/mol. The second-order valence-corrected chi connectivity index (χ2v) is 7.04. The maximum atomic E-state index is 14.5. The Hall–Kier alpha value is -1.58. The van der Waals surface area contributed by atoms with E-state index in [4.69, 9.17) is 4.74 Å². The highest BCUT2D eigenvalue weighted by atomic mass is 19.1. The molecule has 1 heterocycles. The Balaban J connectivity index is 1.82. The lowest BCUT2D eigenvalue weighted by atomic mass is 9.84. The van der Waals surface area contributed by atoms with Gasteiger partial charge in [0, 0.05) is 11.8 Å². The van der Waals surface area contributed by atoms with Gasteiger partial charge in [0.05, 0.1) is 6.61 Å². The van der Waals surface area contributed by atoms with E-state index in [1.807, 2.05) is 0 Å². The number of nitrogens with one attached hydrogen (secondary N) is 1. The summed E-state index contributed by atoms with van der Waals surface area (Å²) < 4.78 is 19.3. The van der Waals surface area contributed by atoms with Crippen LogP contribution >= 0.6 is 0 Å². The van der Waals surface area contributed by atoms with Crippen LogP contribution in [0.4, 0.5) is 4.39 Å². The van der Waals surface area contributed by atoms with Crippen LogP contribution in [-0.4, -0.2) is 17.6 Å². The molecule has 25 heavy (non-hydrogen) atoms. The van der Waals surface area contributed by atoms with Gasteiger partial charge in [0.2, 0.25) is 0 Å². The Morgan fingerprint density at radius 3 is 2.68 bits per heavy atom. The summed E-state index contributed by atoms with van der Waals surface area (Å²) in [6.07, 6.45) is 16.1. The van der Waals surface area contributed by atoms with Gasteiger partial charge in [-0.2, -0.15) is 0 Å². The van der Waals surface area contributed by atoms with Crippen LogP contribution in [0.3, 0.4) is 0 Å². The second kappa shape index (κ2) is 10.4. The molecule has 1 atom stereocenters. The molecule has 0 saturated heterocycles. The molecule has 0 amide bonds. The first kappa shape index (κ1) is 19.7. The van der Waals surface area contributed by atoms with Crippen LogP contribution in [0.5, 0.6) is 0 Å². The Bertz CT molecular complexity index is 576. The monoisotopic (exact) mass is 349 g/mol. The zero-order valence-corrected chi connectivity index (χ0v) is 15.7. The number of carbonyl (C=O) groups excluding carboxylic acids is 1. The molecule has 0 bridgehead atoms. The summed E-state index contributed by atoms with van der Waals surface area (Å²) in [6, 6.07) is 0. The van der Waals surface area contributed by atoms with Gasteiger partial charge in [0.15, 0.2) is 11.5 Å². The van der Waals surface area contributed by atoms with Crippen LogP contribution in [0.15, 0.2) is 12.3 Å². The van der Waals surface area contributed by atoms with E-state index in [9.17, 15) is 9.18 Å². The summed E-state index contributed by atoms with van der Waals surface area (Å²) in [6.45, 7) is 4.21. The van der Waals surface area contributed by atoms with Gasteiger partial charge in [0.1, 0.15) is 0 Å². The van der Waals surface area contributed by atoms with E-state index >= 15 is 0 Å². The SMILES string of the molecule is CCCCCCCCC1CC=C(c2c[nH]c(C(=O)OCC)c2F)CC1. The minimum absolute atomic E-state index is 0.0630. The van der Waals surface area contributed by atoms with Gasteiger partial charge >= 0.3 is 5.97 Å². The number of esters is 1. The standard InChI is InChI=1S/C21H32FNO2/c1-3-5-6-7-8-9-10-16-11-13-17(14-12-16)18-15-23-20(19(18)22)21(24)25-4-2/h13,15-16,23H,3-12,14H2,1-2H3. The summed E-state index contributed by atoms with van der Waals surface area (Å²) in [7, 11) is 0. The van der Waals surface area contributed by atoms with Gasteiger partial charge in [-0.05, 0) is 37.7 Å². The molecule has 1 N–H and O–H groups in total. The third-order valence-electron chi connectivity index (χ3n) is 5.13. The van der Waals surface area contributed by atoms with E-state index in [1.54, 1.807) is 13.1 Å². The highest BCUT2D eigenvalue weighted by molar-refractivity contribution is 5.89. The van der Waals surface area contributed by atoms with E-state index in [1.165, 1.54) is 44.9 Å². The molecule has 0 aliphatic heterocycles. The Morgan fingerprint density at radius 1 is 1.24 bits per heavy atom. The predicted octanol–water partition coefficient (Wildman–Crippen LogP) is 6.26. The predicted molar refractivity (Wildman–Crippen MR) is 100 cm³/mol. The van der Waals surface area contributed by atoms with Crippen molar-refractivity contribution in [3.63, 3.8) is 0 Å². The number of aromatic nitrogens is 1. The lowest BCUT2D eigenvalue weighted by Crippen LogP contribution is -2.08. The third-order valence-corrected chi connectivity index (χ3v) is 5.13. The largest absolute Gasteiger partial charge is 0.461 e. The smallest absolute Gasteiger partial charge is 0.357 e. The molecule has 1 aromatic rings. The first-order valence-corrected chi connectivity index (χ1v) is 9.90. The number of hydrogen-bond acceptors (Lipinski definition) is 2. The summed E-state index contributed by atoms with van der Waals surface area (Å²) in [5.41, 5.74) is 1.48. The molecular formula is C21H32FNO2. The number of ether oxygens (including phenoxy) is 1. The number of aromatic amines is 1. The van der Waals surface area contributed by atoms with E-state index < -0.39 is 11.8 Å².